The van der Waals surface area contributed by atoms with E-state index >= 15 is 0 Å². The highest BCUT2D eigenvalue weighted by Crippen LogP contribution is 2.28. The van der Waals surface area contributed by atoms with Crippen LogP contribution in [0.15, 0.2) is 34.9 Å². The minimum atomic E-state index is 0.319. The van der Waals surface area contributed by atoms with Gasteiger partial charge in [-0.1, -0.05) is 23.7 Å². The number of oxazole rings is 1. The van der Waals surface area contributed by atoms with Crippen LogP contribution in [-0.2, 0) is 6.54 Å². The van der Waals surface area contributed by atoms with Gasteiger partial charge >= 0.3 is 0 Å². The van der Waals surface area contributed by atoms with E-state index in [1.165, 1.54) is 0 Å². The standard InChI is InChI=1S/C18H23ClN2O2/c1-21(16-7-5-13(12-22)6-8-16)11-18-20-10-17(23-18)14-3-2-4-15(19)9-14/h2-4,9-10,13,16,22H,5-8,11-12H2,1H3. The molecule has 0 atom stereocenters. The summed E-state index contributed by atoms with van der Waals surface area (Å²) in [7, 11) is 2.12. The lowest BCUT2D eigenvalue weighted by Crippen LogP contribution is -2.35. The van der Waals surface area contributed by atoms with E-state index in [1.54, 1.807) is 6.20 Å². The average Bonchev–Trinajstić information content (AvgIpc) is 3.03. The van der Waals surface area contributed by atoms with Crippen molar-refractivity contribution in [3.63, 3.8) is 0 Å². The van der Waals surface area contributed by atoms with Crippen LogP contribution in [0, 0.1) is 5.92 Å². The van der Waals surface area contributed by atoms with Gasteiger partial charge in [0.1, 0.15) is 0 Å². The molecule has 1 saturated carbocycles. The van der Waals surface area contributed by atoms with Crippen molar-refractivity contribution in [3.05, 3.63) is 41.4 Å². The molecular formula is C18H23ClN2O2. The molecule has 1 N–H and O–H groups in total. The van der Waals surface area contributed by atoms with Crippen LogP contribution in [0.3, 0.4) is 0 Å². The van der Waals surface area contributed by atoms with Crippen molar-refractivity contribution < 1.29 is 9.52 Å². The van der Waals surface area contributed by atoms with Crippen LogP contribution in [0.4, 0.5) is 0 Å². The third kappa shape index (κ3) is 4.14. The molecule has 2 aromatic rings. The molecule has 1 aromatic heterocycles. The summed E-state index contributed by atoms with van der Waals surface area (Å²) in [5.41, 5.74) is 0.947. The third-order valence-corrected chi connectivity index (χ3v) is 4.98. The summed E-state index contributed by atoms with van der Waals surface area (Å²) in [6.07, 6.45) is 6.22. The number of nitrogens with zero attached hydrogens (tertiary/aromatic N) is 2. The molecule has 3 rings (SSSR count). The van der Waals surface area contributed by atoms with Gasteiger partial charge in [-0.3, -0.25) is 4.90 Å². The average molecular weight is 335 g/mol. The molecule has 0 aliphatic heterocycles. The summed E-state index contributed by atoms with van der Waals surface area (Å²) in [6, 6.07) is 8.14. The molecule has 0 unspecified atom stereocenters. The van der Waals surface area contributed by atoms with Gasteiger partial charge in [0.2, 0.25) is 5.89 Å². The summed E-state index contributed by atoms with van der Waals surface area (Å²) in [5.74, 6) is 1.96. The molecule has 0 bridgehead atoms. The monoisotopic (exact) mass is 334 g/mol. The van der Waals surface area contributed by atoms with E-state index in [2.05, 4.69) is 16.9 Å². The summed E-state index contributed by atoms with van der Waals surface area (Å²) in [6.45, 7) is 1.02. The Balaban J connectivity index is 1.60. The van der Waals surface area contributed by atoms with E-state index in [0.717, 1.165) is 42.9 Å². The van der Waals surface area contributed by atoms with Crippen molar-refractivity contribution in [2.75, 3.05) is 13.7 Å². The zero-order valence-electron chi connectivity index (χ0n) is 13.4. The van der Waals surface area contributed by atoms with E-state index in [0.29, 0.717) is 30.1 Å². The van der Waals surface area contributed by atoms with Crippen LogP contribution >= 0.6 is 11.6 Å². The zero-order chi connectivity index (χ0) is 16.2. The van der Waals surface area contributed by atoms with Gasteiger partial charge < -0.3 is 9.52 Å². The van der Waals surface area contributed by atoms with Gasteiger partial charge in [0, 0.05) is 23.2 Å². The topological polar surface area (TPSA) is 49.5 Å². The first kappa shape index (κ1) is 16.5. The van der Waals surface area contributed by atoms with Crippen LogP contribution < -0.4 is 0 Å². The number of aromatic nitrogens is 1. The number of benzene rings is 1. The second-order valence-corrected chi connectivity index (χ2v) is 6.84. The van der Waals surface area contributed by atoms with Gasteiger partial charge in [-0.2, -0.15) is 0 Å². The Hall–Kier alpha value is -1.36. The highest BCUT2D eigenvalue weighted by Gasteiger charge is 2.24. The van der Waals surface area contributed by atoms with Crippen molar-refractivity contribution in [3.8, 4) is 11.3 Å². The van der Waals surface area contributed by atoms with Crippen LogP contribution in [0.5, 0.6) is 0 Å². The van der Waals surface area contributed by atoms with E-state index in [1.807, 2.05) is 24.3 Å². The van der Waals surface area contributed by atoms with Gasteiger partial charge in [0.15, 0.2) is 5.76 Å². The van der Waals surface area contributed by atoms with Crippen LogP contribution in [0.25, 0.3) is 11.3 Å². The Labute approximate surface area is 142 Å². The second kappa shape index (κ2) is 7.47. The van der Waals surface area contributed by atoms with Crippen LogP contribution in [0.2, 0.25) is 5.02 Å². The number of aliphatic hydroxyl groups is 1. The van der Waals surface area contributed by atoms with Crippen LogP contribution in [-0.4, -0.2) is 34.7 Å². The zero-order valence-corrected chi connectivity index (χ0v) is 14.2. The maximum atomic E-state index is 9.23. The SMILES string of the molecule is CN(Cc1ncc(-c2cccc(Cl)c2)o1)C1CCC(CO)CC1. The minimum absolute atomic E-state index is 0.319. The molecule has 4 nitrogen and oxygen atoms in total. The predicted octanol–water partition coefficient (Wildman–Crippen LogP) is 3.98. The van der Waals surface area contributed by atoms with Crippen molar-refractivity contribution in [1.29, 1.82) is 0 Å². The Morgan fingerprint density at radius 2 is 2.09 bits per heavy atom. The normalized spacial score (nSPS) is 21.7. The smallest absolute Gasteiger partial charge is 0.209 e. The molecule has 1 aliphatic rings. The van der Waals surface area contributed by atoms with Gasteiger partial charge in [0.05, 0.1) is 12.7 Å². The first-order valence-electron chi connectivity index (χ1n) is 8.17. The lowest BCUT2D eigenvalue weighted by molar-refractivity contribution is 0.118. The van der Waals surface area contributed by atoms with Gasteiger partial charge in [-0.15, -0.1) is 0 Å². The molecule has 5 heteroatoms. The second-order valence-electron chi connectivity index (χ2n) is 6.40. The highest BCUT2D eigenvalue weighted by molar-refractivity contribution is 6.30. The molecule has 0 saturated heterocycles. The first-order chi connectivity index (χ1) is 11.2. The minimum Gasteiger partial charge on any atom is -0.439 e. The Morgan fingerprint density at radius 3 is 2.78 bits per heavy atom. The maximum Gasteiger partial charge on any atom is 0.209 e. The molecule has 1 heterocycles. The molecule has 1 fully saturated rings. The van der Waals surface area contributed by atoms with Crippen LogP contribution in [0.1, 0.15) is 31.6 Å². The molecular weight excluding hydrogens is 312 g/mol. The number of hydrogen-bond donors (Lipinski definition) is 1. The van der Waals surface area contributed by atoms with E-state index in [4.69, 9.17) is 16.0 Å². The number of rotatable bonds is 5. The quantitative estimate of drug-likeness (QED) is 0.898. The predicted molar refractivity (Wildman–Crippen MR) is 91.2 cm³/mol. The number of aliphatic hydroxyl groups excluding tert-OH is 1. The molecule has 1 aromatic carbocycles. The molecule has 124 valence electrons. The fraction of sp³-hybridized carbons (Fsp3) is 0.500. The summed E-state index contributed by atoms with van der Waals surface area (Å²) >= 11 is 6.02. The largest absolute Gasteiger partial charge is 0.439 e. The van der Waals surface area contributed by atoms with Crippen molar-refractivity contribution in [2.45, 2.75) is 38.3 Å². The Bertz CT molecular complexity index is 635. The van der Waals surface area contributed by atoms with Crippen molar-refractivity contribution >= 4 is 11.6 Å². The fourth-order valence-corrected chi connectivity index (χ4v) is 3.46. The van der Waals surface area contributed by atoms with Crippen molar-refractivity contribution in [2.24, 2.45) is 5.92 Å². The Kier molecular flexibility index (Phi) is 5.36. The molecule has 0 radical (unpaired) electrons. The lowest BCUT2D eigenvalue weighted by atomic mass is 9.86. The van der Waals surface area contributed by atoms with Gasteiger partial charge in [-0.05, 0) is 50.8 Å². The highest BCUT2D eigenvalue weighted by atomic mass is 35.5. The van der Waals surface area contributed by atoms with Gasteiger partial charge in [-0.25, -0.2) is 4.98 Å². The van der Waals surface area contributed by atoms with E-state index in [-0.39, 0.29) is 0 Å². The molecule has 0 amide bonds. The summed E-state index contributed by atoms with van der Waals surface area (Å²) < 4.78 is 5.88. The lowest BCUT2D eigenvalue weighted by Gasteiger charge is -2.33. The Morgan fingerprint density at radius 1 is 1.30 bits per heavy atom. The van der Waals surface area contributed by atoms with E-state index in [9.17, 15) is 5.11 Å². The molecule has 23 heavy (non-hydrogen) atoms. The summed E-state index contributed by atoms with van der Waals surface area (Å²) in [4.78, 5) is 6.70. The van der Waals surface area contributed by atoms with Crippen molar-refractivity contribution in [1.82, 2.24) is 9.88 Å². The summed E-state index contributed by atoms with van der Waals surface area (Å²) in [5, 5.41) is 9.93. The maximum absolute atomic E-state index is 9.23. The fourth-order valence-electron chi connectivity index (χ4n) is 3.27. The van der Waals surface area contributed by atoms with E-state index < -0.39 is 0 Å². The van der Waals surface area contributed by atoms with Gasteiger partial charge in [0.25, 0.3) is 0 Å². The molecule has 1 aliphatic carbocycles. The first-order valence-corrected chi connectivity index (χ1v) is 8.55. The molecule has 0 spiro atoms. The number of hydrogen-bond acceptors (Lipinski definition) is 4. The number of halogens is 1. The third-order valence-electron chi connectivity index (χ3n) is 4.75.